The molecule has 1 aliphatic rings. The van der Waals surface area contributed by atoms with Crippen molar-refractivity contribution < 1.29 is 9.59 Å². The maximum Gasteiger partial charge on any atom is 0.251 e. The lowest BCUT2D eigenvalue weighted by Gasteiger charge is -2.05. The molecule has 0 atom stereocenters. The summed E-state index contributed by atoms with van der Waals surface area (Å²) in [6.07, 6.45) is 5.14. The van der Waals surface area contributed by atoms with Gasteiger partial charge in [-0.05, 0) is 50.1 Å². The number of nitrogens with zero attached hydrogens (tertiary/aromatic N) is 2. The molecule has 3 rings (SSSR count). The summed E-state index contributed by atoms with van der Waals surface area (Å²) in [5, 5.41) is 10.3. The number of nitrogens with one attached hydrogen (secondary N) is 2. The Labute approximate surface area is 150 Å². The molecule has 0 aliphatic heterocycles. The molecule has 2 N–H and O–H groups in total. The molecule has 130 valence electrons. The molecule has 0 radical (unpaired) electrons. The quantitative estimate of drug-likeness (QED) is 0.807. The van der Waals surface area contributed by atoms with Gasteiger partial charge >= 0.3 is 0 Å². The molecule has 0 bridgehead atoms. The first-order valence-corrected chi connectivity index (χ1v) is 8.41. The molecule has 1 aromatic carbocycles. The van der Waals surface area contributed by atoms with Gasteiger partial charge in [-0.25, -0.2) is 0 Å². The number of benzene rings is 1. The zero-order valence-electron chi connectivity index (χ0n) is 14.0. The third-order valence-corrected chi connectivity index (χ3v) is 4.37. The van der Waals surface area contributed by atoms with E-state index in [0.717, 1.165) is 18.5 Å². The Balaban J connectivity index is 1.60. The van der Waals surface area contributed by atoms with Crippen molar-refractivity contribution >= 4 is 35.2 Å². The van der Waals surface area contributed by atoms with Crippen LogP contribution in [0.15, 0.2) is 30.3 Å². The lowest BCUT2D eigenvalue weighted by atomic mass is 10.2. The molecule has 1 aromatic heterocycles. The van der Waals surface area contributed by atoms with Gasteiger partial charge in [0.25, 0.3) is 5.91 Å². The fourth-order valence-corrected chi connectivity index (χ4v) is 2.62. The summed E-state index contributed by atoms with van der Waals surface area (Å²) in [7, 11) is 1.74. The van der Waals surface area contributed by atoms with Gasteiger partial charge in [0.1, 0.15) is 5.15 Å². The van der Waals surface area contributed by atoms with Crippen LogP contribution in [0.4, 0.5) is 5.69 Å². The molecule has 0 spiro atoms. The number of aryl methyl sites for hydroxylation is 2. The van der Waals surface area contributed by atoms with Gasteiger partial charge in [-0.3, -0.25) is 14.3 Å². The highest BCUT2D eigenvalue weighted by atomic mass is 35.5. The number of carbonyl (C=O) groups excluding carboxylic acids is 2. The Hall–Kier alpha value is -2.60. The number of anilines is 1. The number of aromatic nitrogens is 2. The van der Waals surface area contributed by atoms with Crippen molar-refractivity contribution in [2.24, 2.45) is 7.05 Å². The van der Waals surface area contributed by atoms with Gasteiger partial charge < -0.3 is 10.6 Å². The first-order chi connectivity index (χ1) is 11.9. The molecule has 1 heterocycles. The normalized spacial score (nSPS) is 13.9. The Bertz CT molecular complexity index is 836. The Kier molecular flexibility index (Phi) is 4.90. The van der Waals surface area contributed by atoms with E-state index in [1.54, 1.807) is 42.1 Å². The van der Waals surface area contributed by atoms with Crippen LogP contribution in [0.1, 0.15) is 34.5 Å². The standard InChI is InChI=1S/C18H19ClN4O2/c1-11-15(17(19)23(2)22-11)9-10-16(24)20-13-5-3-12(4-6-13)18(25)21-14-7-8-14/h3-6,9-10,14H,7-8H2,1-2H3,(H,20,24)(H,21,25)/b10-9+. The maximum atomic E-state index is 12.0. The highest BCUT2D eigenvalue weighted by molar-refractivity contribution is 6.31. The summed E-state index contributed by atoms with van der Waals surface area (Å²) >= 11 is 6.12. The van der Waals surface area contributed by atoms with E-state index in [2.05, 4.69) is 15.7 Å². The molecule has 0 saturated heterocycles. The monoisotopic (exact) mass is 358 g/mol. The van der Waals surface area contributed by atoms with Crippen molar-refractivity contribution in [3.63, 3.8) is 0 Å². The largest absolute Gasteiger partial charge is 0.349 e. The zero-order valence-corrected chi connectivity index (χ0v) is 14.8. The number of amides is 2. The molecule has 1 saturated carbocycles. The van der Waals surface area contributed by atoms with Crippen LogP contribution in [0.2, 0.25) is 5.15 Å². The van der Waals surface area contributed by atoms with E-state index < -0.39 is 0 Å². The van der Waals surface area contributed by atoms with E-state index in [9.17, 15) is 9.59 Å². The first kappa shape index (κ1) is 17.2. The summed E-state index contributed by atoms with van der Waals surface area (Å²) in [5.74, 6) is -0.364. The molecule has 2 amide bonds. The molecule has 0 unspecified atom stereocenters. The van der Waals surface area contributed by atoms with Gasteiger partial charge in [0.15, 0.2) is 0 Å². The third kappa shape index (κ3) is 4.28. The number of rotatable bonds is 5. The van der Waals surface area contributed by atoms with E-state index >= 15 is 0 Å². The number of hydrogen-bond acceptors (Lipinski definition) is 3. The van der Waals surface area contributed by atoms with Gasteiger partial charge in [-0.1, -0.05) is 11.6 Å². The number of hydrogen-bond donors (Lipinski definition) is 2. The van der Waals surface area contributed by atoms with Crippen LogP contribution in [0.5, 0.6) is 0 Å². The van der Waals surface area contributed by atoms with E-state index in [0.29, 0.717) is 28.0 Å². The smallest absolute Gasteiger partial charge is 0.251 e. The number of halogens is 1. The lowest BCUT2D eigenvalue weighted by Crippen LogP contribution is -2.25. The van der Waals surface area contributed by atoms with Gasteiger partial charge in [0.05, 0.1) is 5.69 Å². The van der Waals surface area contributed by atoms with Crippen LogP contribution in [-0.2, 0) is 11.8 Å². The fourth-order valence-electron chi connectivity index (χ4n) is 2.38. The zero-order chi connectivity index (χ0) is 18.0. The number of carbonyl (C=O) groups is 2. The van der Waals surface area contributed by atoms with Crippen LogP contribution in [0.25, 0.3) is 6.08 Å². The predicted molar refractivity (Wildman–Crippen MR) is 97.5 cm³/mol. The third-order valence-electron chi connectivity index (χ3n) is 3.92. The van der Waals surface area contributed by atoms with Crippen molar-refractivity contribution in [1.29, 1.82) is 0 Å². The molecule has 6 nitrogen and oxygen atoms in total. The summed E-state index contributed by atoms with van der Waals surface area (Å²) in [4.78, 5) is 24.0. The molecular formula is C18H19ClN4O2. The van der Waals surface area contributed by atoms with Crippen molar-refractivity contribution in [2.75, 3.05) is 5.32 Å². The van der Waals surface area contributed by atoms with Crippen LogP contribution >= 0.6 is 11.6 Å². The highest BCUT2D eigenvalue weighted by Crippen LogP contribution is 2.21. The van der Waals surface area contributed by atoms with Crippen LogP contribution in [-0.4, -0.2) is 27.6 Å². The van der Waals surface area contributed by atoms with Crippen molar-refractivity contribution in [2.45, 2.75) is 25.8 Å². The Morgan fingerprint density at radius 2 is 1.96 bits per heavy atom. The predicted octanol–water partition coefficient (Wildman–Crippen LogP) is 2.93. The van der Waals surface area contributed by atoms with E-state index in [1.807, 2.05) is 6.92 Å². The van der Waals surface area contributed by atoms with Gasteiger partial charge in [-0.2, -0.15) is 5.10 Å². The van der Waals surface area contributed by atoms with E-state index in [4.69, 9.17) is 11.6 Å². The van der Waals surface area contributed by atoms with E-state index in [1.165, 1.54) is 6.08 Å². The average Bonchev–Trinajstić information content (AvgIpc) is 3.35. The summed E-state index contributed by atoms with van der Waals surface area (Å²) < 4.78 is 1.56. The minimum absolute atomic E-state index is 0.0815. The average molecular weight is 359 g/mol. The maximum absolute atomic E-state index is 12.0. The molecular weight excluding hydrogens is 340 g/mol. The molecule has 1 aliphatic carbocycles. The summed E-state index contributed by atoms with van der Waals surface area (Å²) in [6.45, 7) is 1.83. The summed E-state index contributed by atoms with van der Waals surface area (Å²) in [5.41, 5.74) is 2.67. The fraction of sp³-hybridized carbons (Fsp3) is 0.278. The second kappa shape index (κ2) is 7.11. The molecule has 25 heavy (non-hydrogen) atoms. The van der Waals surface area contributed by atoms with Crippen LogP contribution in [0.3, 0.4) is 0 Å². The lowest BCUT2D eigenvalue weighted by molar-refractivity contribution is -0.111. The van der Waals surface area contributed by atoms with Crippen LogP contribution in [0, 0.1) is 6.92 Å². The highest BCUT2D eigenvalue weighted by Gasteiger charge is 2.23. The second-order valence-corrected chi connectivity index (χ2v) is 6.42. The van der Waals surface area contributed by atoms with Gasteiger partial charge in [-0.15, -0.1) is 0 Å². The topological polar surface area (TPSA) is 76.0 Å². The van der Waals surface area contributed by atoms with Crippen LogP contribution < -0.4 is 10.6 Å². The Morgan fingerprint density at radius 1 is 1.28 bits per heavy atom. The Morgan fingerprint density at radius 3 is 2.52 bits per heavy atom. The van der Waals surface area contributed by atoms with Gasteiger partial charge in [0.2, 0.25) is 5.91 Å². The SMILES string of the molecule is Cc1nn(C)c(Cl)c1/C=C/C(=O)Nc1ccc(C(=O)NC2CC2)cc1. The first-order valence-electron chi connectivity index (χ1n) is 8.03. The molecule has 2 aromatic rings. The van der Waals surface area contributed by atoms with E-state index in [-0.39, 0.29) is 11.8 Å². The summed E-state index contributed by atoms with van der Waals surface area (Å²) in [6, 6.07) is 7.11. The van der Waals surface area contributed by atoms with Crippen molar-refractivity contribution in [3.05, 3.63) is 52.3 Å². The van der Waals surface area contributed by atoms with Gasteiger partial charge in [0, 0.05) is 36.0 Å². The minimum Gasteiger partial charge on any atom is -0.349 e. The van der Waals surface area contributed by atoms with Crippen molar-refractivity contribution in [1.82, 2.24) is 15.1 Å². The van der Waals surface area contributed by atoms with Crippen molar-refractivity contribution in [3.8, 4) is 0 Å². The molecule has 7 heteroatoms. The minimum atomic E-state index is -0.283. The molecule has 1 fully saturated rings. The second-order valence-electron chi connectivity index (χ2n) is 6.06.